The Balaban J connectivity index is 1.43. The first kappa shape index (κ1) is 23.4. The van der Waals surface area contributed by atoms with Crippen molar-refractivity contribution in [2.45, 2.75) is 18.2 Å². The monoisotopic (exact) mass is 500 g/mol. The van der Waals surface area contributed by atoms with Gasteiger partial charge in [-0.15, -0.1) is 11.8 Å². The average Bonchev–Trinajstić information content (AvgIpc) is 3.24. The number of hydrogen-bond acceptors (Lipinski definition) is 7. The largest absolute Gasteiger partial charge is 0.493 e. The van der Waals surface area contributed by atoms with Crippen molar-refractivity contribution in [1.29, 1.82) is 5.41 Å². The van der Waals surface area contributed by atoms with Crippen molar-refractivity contribution in [2.24, 2.45) is 10.1 Å². The average molecular weight is 501 g/mol. The lowest BCUT2D eigenvalue weighted by atomic mass is 10.1. The van der Waals surface area contributed by atoms with Crippen LogP contribution >= 0.6 is 35.1 Å². The number of hydrazone groups is 1. The number of aliphatic imine (C=N–C) groups is 1. The molecule has 1 amide bonds. The van der Waals surface area contributed by atoms with Crippen molar-refractivity contribution in [2.75, 3.05) is 19.5 Å². The Labute approximate surface area is 205 Å². The van der Waals surface area contributed by atoms with E-state index in [1.54, 1.807) is 37.1 Å². The van der Waals surface area contributed by atoms with Crippen LogP contribution in [0.2, 0.25) is 5.02 Å². The Hall–Kier alpha value is -2.75. The third kappa shape index (κ3) is 5.43. The molecule has 0 atom stereocenters. The predicted molar refractivity (Wildman–Crippen MR) is 136 cm³/mol. The number of amides is 1. The summed E-state index contributed by atoms with van der Waals surface area (Å²) in [6.07, 6.45) is 2.34. The fourth-order valence-corrected chi connectivity index (χ4v) is 4.76. The molecule has 2 aromatic rings. The van der Waals surface area contributed by atoms with Gasteiger partial charge in [0.25, 0.3) is 5.91 Å². The zero-order valence-corrected chi connectivity index (χ0v) is 20.4. The van der Waals surface area contributed by atoms with Crippen molar-refractivity contribution in [3.8, 4) is 11.5 Å². The van der Waals surface area contributed by atoms with Gasteiger partial charge in [0.1, 0.15) is 5.04 Å². The molecule has 2 aromatic carbocycles. The smallest absolute Gasteiger partial charge is 0.283 e. The van der Waals surface area contributed by atoms with Crippen LogP contribution in [-0.4, -0.2) is 46.4 Å². The fraction of sp³-hybridized carbons (Fsp3) is 0.217. The molecular weight excluding hydrogens is 480 g/mol. The number of benzene rings is 2. The molecule has 2 aliphatic rings. The van der Waals surface area contributed by atoms with Crippen LogP contribution in [-0.2, 0) is 4.79 Å². The maximum absolute atomic E-state index is 12.5. The minimum Gasteiger partial charge on any atom is -0.493 e. The quantitative estimate of drug-likeness (QED) is 0.290. The summed E-state index contributed by atoms with van der Waals surface area (Å²) in [5, 5.41) is 16.2. The fourth-order valence-electron chi connectivity index (χ4n) is 3.08. The summed E-state index contributed by atoms with van der Waals surface area (Å²) in [4.78, 5) is 17.7. The van der Waals surface area contributed by atoms with Crippen LogP contribution < -0.4 is 9.47 Å². The summed E-state index contributed by atoms with van der Waals surface area (Å²) in [7, 11) is 1.56. The minimum absolute atomic E-state index is 0.0134. The van der Waals surface area contributed by atoms with Crippen LogP contribution in [0.5, 0.6) is 11.5 Å². The second-order valence-corrected chi connectivity index (χ2v) is 9.57. The standard InChI is InChI=1S/C23H21ClN4O3S2/c1-3-20-27-28-21(25)17(22(29)26-23(28)33-20)12-14-4-9-18(19(13-14)30-2)31-10-11-32-16-7-5-15(24)6-8-16/h4-9,12-13,25H,3,10-11H2,1-2H3. The lowest BCUT2D eigenvalue weighted by Gasteiger charge is -2.20. The number of hydrogen-bond donors (Lipinski definition) is 1. The SMILES string of the molecule is CCC1=NN2C(=N)C(=Cc3ccc(OCCSc4ccc(Cl)cc4)c(OC)c3)C(=O)N=C2S1. The van der Waals surface area contributed by atoms with Gasteiger partial charge in [-0.3, -0.25) is 10.2 Å². The van der Waals surface area contributed by atoms with Crippen LogP contribution in [0.1, 0.15) is 18.9 Å². The van der Waals surface area contributed by atoms with Gasteiger partial charge in [-0.1, -0.05) is 24.6 Å². The van der Waals surface area contributed by atoms with Gasteiger partial charge in [-0.05, 0) is 66.2 Å². The van der Waals surface area contributed by atoms with E-state index in [0.717, 1.165) is 22.1 Å². The zero-order valence-electron chi connectivity index (χ0n) is 18.0. The molecule has 33 heavy (non-hydrogen) atoms. The van der Waals surface area contributed by atoms with Crippen molar-refractivity contribution in [3.05, 3.63) is 58.6 Å². The van der Waals surface area contributed by atoms with Gasteiger partial charge in [-0.25, -0.2) is 0 Å². The van der Waals surface area contributed by atoms with Crippen LogP contribution in [0, 0.1) is 5.41 Å². The molecule has 4 rings (SSSR count). The van der Waals surface area contributed by atoms with Gasteiger partial charge in [0.05, 0.1) is 19.3 Å². The van der Waals surface area contributed by atoms with Crippen molar-refractivity contribution in [3.63, 3.8) is 0 Å². The highest BCUT2D eigenvalue weighted by atomic mass is 35.5. The molecule has 0 spiro atoms. The van der Waals surface area contributed by atoms with Gasteiger partial charge < -0.3 is 9.47 Å². The number of carbonyl (C=O) groups excluding carboxylic acids is 1. The van der Waals surface area contributed by atoms with E-state index in [9.17, 15) is 4.79 Å². The molecule has 170 valence electrons. The summed E-state index contributed by atoms with van der Waals surface area (Å²) in [6, 6.07) is 13.1. The Bertz CT molecular complexity index is 1180. The van der Waals surface area contributed by atoms with Gasteiger partial charge >= 0.3 is 0 Å². The molecule has 1 N–H and O–H groups in total. The Morgan fingerprint density at radius 3 is 2.73 bits per heavy atom. The summed E-state index contributed by atoms with van der Waals surface area (Å²) >= 11 is 8.91. The van der Waals surface area contributed by atoms with Crippen molar-refractivity contribution >= 4 is 63.2 Å². The van der Waals surface area contributed by atoms with Gasteiger partial charge in [0, 0.05) is 15.7 Å². The summed E-state index contributed by atoms with van der Waals surface area (Å²) in [5.41, 5.74) is 0.878. The molecule has 0 unspecified atom stereocenters. The highest BCUT2D eigenvalue weighted by molar-refractivity contribution is 8.26. The van der Waals surface area contributed by atoms with Crippen molar-refractivity contribution in [1.82, 2.24) is 5.01 Å². The Morgan fingerprint density at radius 2 is 2.00 bits per heavy atom. The third-order valence-corrected chi connectivity index (χ3v) is 7.00. The molecule has 2 heterocycles. The van der Waals surface area contributed by atoms with Gasteiger partial charge in [0.15, 0.2) is 17.3 Å². The molecule has 0 fully saturated rings. The molecule has 0 radical (unpaired) electrons. The highest BCUT2D eigenvalue weighted by Crippen LogP contribution is 2.32. The first-order valence-corrected chi connectivity index (χ1v) is 12.3. The Kier molecular flexibility index (Phi) is 7.42. The first-order chi connectivity index (χ1) is 16.0. The van der Waals surface area contributed by atoms with E-state index in [-0.39, 0.29) is 11.4 Å². The molecule has 0 bridgehead atoms. The third-order valence-electron chi connectivity index (χ3n) is 4.72. The summed E-state index contributed by atoms with van der Waals surface area (Å²) in [5.74, 6) is 1.47. The van der Waals surface area contributed by atoms with Gasteiger partial charge in [0.2, 0.25) is 5.17 Å². The summed E-state index contributed by atoms with van der Waals surface area (Å²) < 4.78 is 11.4. The minimum atomic E-state index is -0.454. The van der Waals surface area contributed by atoms with Crippen LogP contribution in [0.3, 0.4) is 0 Å². The first-order valence-electron chi connectivity index (χ1n) is 10.2. The maximum Gasteiger partial charge on any atom is 0.283 e. The van der Waals surface area contributed by atoms with E-state index in [4.69, 9.17) is 26.5 Å². The number of nitrogens with one attached hydrogen (secondary N) is 1. The Morgan fingerprint density at radius 1 is 1.21 bits per heavy atom. The van der Waals surface area contributed by atoms with E-state index in [2.05, 4.69) is 10.1 Å². The topological polar surface area (TPSA) is 87.3 Å². The number of rotatable bonds is 8. The van der Waals surface area contributed by atoms with E-state index in [1.807, 2.05) is 37.3 Å². The number of thioether (sulfide) groups is 2. The molecule has 0 aliphatic carbocycles. The second kappa shape index (κ2) is 10.5. The van der Waals surface area contributed by atoms with Crippen LogP contribution in [0.25, 0.3) is 6.08 Å². The molecule has 0 saturated carbocycles. The molecule has 0 saturated heterocycles. The van der Waals surface area contributed by atoms with E-state index < -0.39 is 5.91 Å². The number of nitrogens with zero attached hydrogens (tertiary/aromatic N) is 3. The number of halogens is 1. The second-order valence-electron chi connectivity index (χ2n) is 6.93. The predicted octanol–water partition coefficient (Wildman–Crippen LogP) is 5.55. The van der Waals surface area contributed by atoms with E-state index >= 15 is 0 Å². The van der Waals surface area contributed by atoms with Crippen molar-refractivity contribution < 1.29 is 14.3 Å². The lowest BCUT2D eigenvalue weighted by Crippen LogP contribution is -2.35. The van der Waals surface area contributed by atoms with Crippen LogP contribution in [0.4, 0.5) is 0 Å². The normalized spacial score (nSPS) is 16.6. The molecule has 7 nitrogen and oxygen atoms in total. The zero-order chi connectivity index (χ0) is 23.4. The molecule has 2 aliphatic heterocycles. The van der Waals surface area contributed by atoms with Crippen LogP contribution in [0.15, 0.2) is 63.0 Å². The molecule has 10 heteroatoms. The van der Waals surface area contributed by atoms with E-state index in [1.165, 1.54) is 16.8 Å². The van der Waals surface area contributed by atoms with E-state index in [0.29, 0.717) is 33.9 Å². The maximum atomic E-state index is 12.5. The highest BCUT2D eigenvalue weighted by Gasteiger charge is 2.35. The summed E-state index contributed by atoms with van der Waals surface area (Å²) in [6.45, 7) is 2.47. The number of ether oxygens (including phenoxy) is 2. The number of methoxy groups -OCH3 is 1. The number of carbonyl (C=O) groups is 1. The number of amidine groups is 2. The number of fused-ring (bicyclic) bond motifs is 1. The lowest BCUT2D eigenvalue weighted by molar-refractivity contribution is -0.114. The van der Waals surface area contributed by atoms with Gasteiger partial charge in [-0.2, -0.15) is 15.1 Å². The molecular formula is C23H21ClN4O3S2. The molecule has 0 aromatic heterocycles.